The van der Waals surface area contributed by atoms with Crippen LogP contribution in [0.15, 0.2) is 12.3 Å². The minimum absolute atomic E-state index is 0.425. The summed E-state index contributed by atoms with van der Waals surface area (Å²) in [5, 5.41) is 8.84. The highest BCUT2D eigenvalue weighted by molar-refractivity contribution is 5.93. The van der Waals surface area contributed by atoms with E-state index in [0.29, 0.717) is 17.0 Å². The third-order valence-corrected chi connectivity index (χ3v) is 6.30. The summed E-state index contributed by atoms with van der Waals surface area (Å²) in [6.07, 6.45) is 6.29. The second-order valence-electron chi connectivity index (χ2n) is 7.92. The van der Waals surface area contributed by atoms with Crippen LogP contribution < -0.4 is 5.48 Å². The number of carbonyl (C=O) groups excluding carboxylic acids is 1. The Morgan fingerprint density at radius 2 is 2.29 bits per heavy atom. The fourth-order valence-corrected chi connectivity index (χ4v) is 4.98. The highest BCUT2D eigenvalue weighted by Crippen LogP contribution is 2.52. The summed E-state index contributed by atoms with van der Waals surface area (Å²) in [4.78, 5) is 21.2. The number of hydrogen-bond acceptors (Lipinski definition) is 5. The van der Waals surface area contributed by atoms with Crippen molar-refractivity contribution in [3.05, 3.63) is 29.1 Å². The van der Waals surface area contributed by atoms with Gasteiger partial charge in [0.25, 0.3) is 5.91 Å². The van der Waals surface area contributed by atoms with E-state index in [1.165, 1.54) is 19.4 Å². The van der Waals surface area contributed by atoms with Crippen LogP contribution in [0.25, 0.3) is 0 Å². The monoisotopic (exact) mass is 330 g/mol. The molecule has 4 heterocycles. The van der Waals surface area contributed by atoms with E-state index in [0.717, 1.165) is 43.2 Å². The van der Waals surface area contributed by atoms with Crippen molar-refractivity contribution < 1.29 is 10.0 Å². The molecular weight excluding hydrogens is 304 g/mol. The van der Waals surface area contributed by atoms with Gasteiger partial charge in [0.15, 0.2) is 0 Å². The summed E-state index contributed by atoms with van der Waals surface area (Å²) in [7, 11) is 2.24. The maximum Gasteiger partial charge on any atom is 0.276 e. The normalized spacial score (nSPS) is 32.3. The standard InChI is InChI=1S/C18H26N4O2/c1-3-14-5-16-13(4-12(8-19-16)17(23)20-24)9-22(14)11-18-6-15(7-18)21(2)10-18/h4,8,14-15,24H,3,5-7,9-11H2,1-2H3,(H,20,23)/t14-,15?,18?/m1/s1. The molecule has 1 aromatic heterocycles. The number of aromatic nitrogens is 1. The number of pyridine rings is 1. The van der Waals surface area contributed by atoms with Crippen LogP contribution in [0.5, 0.6) is 0 Å². The van der Waals surface area contributed by atoms with Crippen molar-refractivity contribution >= 4 is 5.91 Å². The third-order valence-electron chi connectivity index (χ3n) is 6.30. The second kappa shape index (κ2) is 5.79. The molecule has 1 aliphatic carbocycles. The molecule has 0 spiro atoms. The van der Waals surface area contributed by atoms with E-state index in [4.69, 9.17) is 5.21 Å². The van der Waals surface area contributed by atoms with Crippen LogP contribution in [0.1, 0.15) is 47.8 Å². The van der Waals surface area contributed by atoms with Crippen LogP contribution in [-0.4, -0.2) is 58.1 Å². The minimum atomic E-state index is -0.493. The zero-order valence-corrected chi connectivity index (χ0v) is 14.5. The topological polar surface area (TPSA) is 68.7 Å². The molecule has 3 aliphatic heterocycles. The predicted molar refractivity (Wildman–Crippen MR) is 89.8 cm³/mol. The molecule has 2 N–H and O–H groups in total. The summed E-state index contributed by atoms with van der Waals surface area (Å²) in [6, 6.07) is 3.21. The maximum absolute atomic E-state index is 11.7. The van der Waals surface area contributed by atoms with E-state index in [9.17, 15) is 4.79 Å². The van der Waals surface area contributed by atoms with Crippen LogP contribution in [0.2, 0.25) is 0 Å². The zero-order chi connectivity index (χ0) is 16.9. The fourth-order valence-electron chi connectivity index (χ4n) is 4.98. The van der Waals surface area contributed by atoms with Crippen LogP contribution >= 0.6 is 0 Å². The van der Waals surface area contributed by atoms with Gasteiger partial charge in [0, 0.05) is 50.0 Å². The largest absolute Gasteiger partial charge is 0.303 e. The van der Waals surface area contributed by atoms with E-state index >= 15 is 0 Å². The van der Waals surface area contributed by atoms with Crippen LogP contribution in [0.3, 0.4) is 0 Å². The second-order valence-corrected chi connectivity index (χ2v) is 7.92. The first kappa shape index (κ1) is 16.0. The molecule has 24 heavy (non-hydrogen) atoms. The molecule has 6 heteroatoms. The molecule has 1 saturated carbocycles. The predicted octanol–water partition coefficient (Wildman–Crippen LogP) is 1.43. The molecule has 3 fully saturated rings. The maximum atomic E-state index is 11.7. The lowest BCUT2D eigenvalue weighted by Crippen LogP contribution is -2.49. The van der Waals surface area contributed by atoms with Crippen molar-refractivity contribution in [2.75, 3.05) is 20.1 Å². The van der Waals surface area contributed by atoms with Crippen molar-refractivity contribution in [3.63, 3.8) is 0 Å². The Labute approximate surface area is 142 Å². The minimum Gasteiger partial charge on any atom is -0.303 e. The van der Waals surface area contributed by atoms with Crippen molar-refractivity contribution in [2.45, 2.75) is 51.2 Å². The van der Waals surface area contributed by atoms with Gasteiger partial charge >= 0.3 is 0 Å². The van der Waals surface area contributed by atoms with Gasteiger partial charge in [-0.1, -0.05) is 6.92 Å². The summed E-state index contributed by atoms with van der Waals surface area (Å²) in [5.74, 6) is -0.493. The number of nitrogens with one attached hydrogen (secondary N) is 1. The van der Waals surface area contributed by atoms with Gasteiger partial charge < -0.3 is 4.90 Å². The Hall–Kier alpha value is -1.50. The van der Waals surface area contributed by atoms with Gasteiger partial charge in [0.1, 0.15) is 0 Å². The van der Waals surface area contributed by atoms with E-state index in [2.05, 4.69) is 28.8 Å². The SMILES string of the molecule is CC[C@@H]1Cc2ncc(C(=O)NO)cc2CN1CC12CC(C1)N(C)C2. The number of hydrogen-bond donors (Lipinski definition) is 2. The van der Waals surface area contributed by atoms with Crippen molar-refractivity contribution in [2.24, 2.45) is 5.41 Å². The molecule has 1 atom stereocenters. The molecule has 0 radical (unpaired) electrons. The average Bonchev–Trinajstić information content (AvgIpc) is 3.04. The van der Waals surface area contributed by atoms with Gasteiger partial charge in [-0.3, -0.25) is 19.9 Å². The van der Waals surface area contributed by atoms with Crippen LogP contribution in [0, 0.1) is 5.41 Å². The zero-order valence-electron chi connectivity index (χ0n) is 14.5. The van der Waals surface area contributed by atoms with Gasteiger partial charge in [0.2, 0.25) is 0 Å². The number of fused-ring (bicyclic) bond motifs is 2. The van der Waals surface area contributed by atoms with E-state index < -0.39 is 5.91 Å². The highest BCUT2D eigenvalue weighted by Gasteiger charge is 2.54. The lowest BCUT2D eigenvalue weighted by Gasteiger charge is -2.45. The first-order valence-corrected chi connectivity index (χ1v) is 8.90. The molecular formula is C18H26N4O2. The van der Waals surface area contributed by atoms with Gasteiger partial charge in [0.05, 0.1) is 5.56 Å². The summed E-state index contributed by atoms with van der Waals surface area (Å²) < 4.78 is 0. The first-order chi connectivity index (χ1) is 11.5. The summed E-state index contributed by atoms with van der Waals surface area (Å²) >= 11 is 0. The van der Waals surface area contributed by atoms with E-state index in [-0.39, 0.29) is 0 Å². The van der Waals surface area contributed by atoms with Crippen molar-refractivity contribution in [1.82, 2.24) is 20.3 Å². The van der Waals surface area contributed by atoms with Gasteiger partial charge in [-0.05, 0) is 43.4 Å². The van der Waals surface area contributed by atoms with Gasteiger partial charge in [-0.25, -0.2) is 5.48 Å². The van der Waals surface area contributed by atoms with E-state index in [1.54, 1.807) is 11.7 Å². The lowest BCUT2D eigenvalue weighted by atomic mass is 9.69. The Morgan fingerprint density at radius 1 is 1.50 bits per heavy atom. The Balaban J connectivity index is 1.55. The molecule has 0 unspecified atom stereocenters. The lowest BCUT2D eigenvalue weighted by molar-refractivity contribution is 0.0619. The average molecular weight is 330 g/mol. The van der Waals surface area contributed by atoms with Crippen molar-refractivity contribution in [1.29, 1.82) is 0 Å². The number of amides is 1. The molecule has 4 aliphatic rings. The molecule has 1 aromatic rings. The Morgan fingerprint density at radius 3 is 2.92 bits per heavy atom. The Bertz CT molecular complexity index is 656. The molecule has 0 aromatic carbocycles. The molecule has 1 amide bonds. The highest BCUT2D eigenvalue weighted by atomic mass is 16.5. The number of nitrogens with zero attached hydrogens (tertiary/aromatic N) is 3. The number of hydroxylamine groups is 1. The van der Waals surface area contributed by atoms with Gasteiger partial charge in [-0.2, -0.15) is 0 Å². The molecule has 2 saturated heterocycles. The van der Waals surface area contributed by atoms with Crippen LogP contribution in [-0.2, 0) is 13.0 Å². The smallest absolute Gasteiger partial charge is 0.276 e. The van der Waals surface area contributed by atoms with Gasteiger partial charge in [-0.15, -0.1) is 0 Å². The van der Waals surface area contributed by atoms with Crippen molar-refractivity contribution in [3.8, 4) is 0 Å². The fraction of sp³-hybridized carbons (Fsp3) is 0.667. The molecule has 6 nitrogen and oxygen atoms in total. The quantitative estimate of drug-likeness (QED) is 0.646. The number of carbonyl (C=O) groups is 1. The van der Waals surface area contributed by atoms with Crippen LogP contribution in [0.4, 0.5) is 0 Å². The third kappa shape index (κ3) is 2.53. The first-order valence-electron chi connectivity index (χ1n) is 8.90. The number of rotatable bonds is 4. The molecule has 2 bridgehead atoms. The molecule has 130 valence electrons. The summed E-state index contributed by atoms with van der Waals surface area (Å²) in [5.41, 5.74) is 4.81. The molecule has 5 rings (SSSR count). The van der Waals surface area contributed by atoms with E-state index in [1.807, 2.05) is 6.07 Å². The summed E-state index contributed by atoms with van der Waals surface area (Å²) in [6.45, 7) is 5.45. The Kier molecular flexibility index (Phi) is 3.86.